The van der Waals surface area contributed by atoms with E-state index in [-0.39, 0.29) is 0 Å². The predicted molar refractivity (Wildman–Crippen MR) is 65.0 cm³/mol. The summed E-state index contributed by atoms with van der Waals surface area (Å²) in [6, 6.07) is 7.52. The van der Waals surface area contributed by atoms with Crippen molar-refractivity contribution < 1.29 is 9.84 Å². The van der Waals surface area contributed by atoms with Crippen LogP contribution in [0.15, 0.2) is 30.5 Å². The van der Waals surface area contributed by atoms with E-state index in [2.05, 4.69) is 5.10 Å². The van der Waals surface area contributed by atoms with Gasteiger partial charge in [-0.2, -0.15) is 5.10 Å². The number of aromatic nitrogens is 2. The van der Waals surface area contributed by atoms with Gasteiger partial charge >= 0.3 is 0 Å². The molecule has 1 aromatic heterocycles. The lowest BCUT2D eigenvalue weighted by molar-refractivity contribution is 0.209. The molecule has 0 aliphatic rings. The number of nitrogens with zero attached hydrogens (tertiary/aromatic N) is 2. The van der Waals surface area contributed by atoms with Gasteiger partial charge in [-0.3, -0.25) is 4.68 Å². The smallest absolute Gasteiger partial charge is 0.126 e. The van der Waals surface area contributed by atoms with Gasteiger partial charge in [-0.05, 0) is 24.6 Å². The lowest BCUT2D eigenvalue weighted by atomic mass is 10.0. The standard InChI is InChI=1S/C13H16N2O2/c1-9-4-5-10(12(8-9)17-3)13(16)11-6-7-15(2)14-11/h4-8,13,16H,1-3H3. The van der Waals surface area contributed by atoms with Crippen molar-refractivity contribution in [1.29, 1.82) is 0 Å². The van der Waals surface area contributed by atoms with Crippen LogP contribution in [-0.4, -0.2) is 22.0 Å². The van der Waals surface area contributed by atoms with Crippen LogP contribution in [0, 0.1) is 6.92 Å². The van der Waals surface area contributed by atoms with Crippen molar-refractivity contribution in [3.63, 3.8) is 0 Å². The molecule has 1 heterocycles. The van der Waals surface area contributed by atoms with Crippen LogP contribution in [0.3, 0.4) is 0 Å². The van der Waals surface area contributed by atoms with Crippen molar-refractivity contribution in [2.45, 2.75) is 13.0 Å². The molecule has 2 aromatic rings. The average molecular weight is 232 g/mol. The Kier molecular flexibility index (Phi) is 3.15. The topological polar surface area (TPSA) is 47.3 Å². The van der Waals surface area contributed by atoms with Crippen LogP contribution in [0.1, 0.15) is 22.9 Å². The van der Waals surface area contributed by atoms with Crippen molar-refractivity contribution in [2.24, 2.45) is 7.05 Å². The molecule has 1 atom stereocenters. The third-order valence-electron chi connectivity index (χ3n) is 2.70. The number of aliphatic hydroxyl groups excluding tert-OH is 1. The maximum Gasteiger partial charge on any atom is 0.126 e. The van der Waals surface area contributed by atoms with Gasteiger partial charge in [0.2, 0.25) is 0 Å². The van der Waals surface area contributed by atoms with Gasteiger partial charge in [0, 0.05) is 18.8 Å². The van der Waals surface area contributed by atoms with E-state index >= 15 is 0 Å². The molecule has 2 rings (SSSR count). The molecule has 1 unspecified atom stereocenters. The summed E-state index contributed by atoms with van der Waals surface area (Å²) >= 11 is 0. The monoisotopic (exact) mass is 232 g/mol. The minimum Gasteiger partial charge on any atom is -0.496 e. The normalized spacial score (nSPS) is 12.5. The van der Waals surface area contributed by atoms with Crippen LogP contribution in [-0.2, 0) is 7.05 Å². The first kappa shape index (κ1) is 11.7. The van der Waals surface area contributed by atoms with Gasteiger partial charge < -0.3 is 9.84 Å². The van der Waals surface area contributed by atoms with Gasteiger partial charge in [-0.25, -0.2) is 0 Å². The van der Waals surface area contributed by atoms with Gasteiger partial charge in [0.15, 0.2) is 0 Å². The van der Waals surface area contributed by atoms with E-state index in [1.54, 1.807) is 24.1 Å². The lowest BCUT2D eigenvalue weighted by Crippen LogP contribution is -2.04. The molecule has 0 saturated carbocycles. The highest BCUT2D eigenvalue weighted by atomic mass is 16.5. The molecular weight excluding hydrogens is 216 g/mol. The van der Waals surface area contributed by atoms with Crippen molar-refractivity contribution in [3.05, 3.63) is 47.3 Å². The van der Waals surface area contributed by atoms with E-state index in [1.165, 1.54) is 0 Å². The maximum atomic E-state index is 10.3. The van der Waals surface area contributed by atoms with Crippen LogP contribution in [0.4, 0.5) is 0 Å². The molecule has 90 valence electrons. The second-order valence-electron chi connectivity index (χ2n) is 4.06. The van der Waals surface area contributed by atoms with Crippen molar-refractivity contribution in [2.75, 3.05) is 7.11 Å². The Morgan fingerprint density at radius 3 is 2.71 bits per heavy atom. The summed E-state index contributed by atoms with van der Waals surface area (Å²) in [6.07, 6.45) is 1.05. The van der Waals surface area contributed by atoms with E-state index < -0.39 is 6.10 Å². The predicted octanol–water partition coefficient (Wildman–Crippen LogP) is 1.82. The molecule has 0 bridgehead atoms. The first-order valence-electron chi connectivity index (χ1n) is 5.44. The van der Waals surface area contributed by atoms with E-state index in [1.807, 2.05) is 32.2 Å². The molecule has 0 saturated heterocycles. The van der Waals surface area contributed by atoms with E-state index in [0.717, 1.165) is 11.1 Å². The summed E-state index contributed by atoms with van der Waals surface area (Å²) in [5, 5.41) is 14.4. The quantitative estimate of drug-likeness (QED) is 0.878. The first-order valence-corrected chi connectivity index (χ1v) is 5.44. The molecule has 1 N–H and O–H groups in total. The van der Waals surface area contributed by atoms with E-state index in [9.17, 15) is 5.11 Å². The molecule has 17 heavy (non-hydrogen) atoms. The molecule has 0 aliphatic carbocycles. The number of ether oxygens (including phenoxy) is 1. The third kappa shape index (κ3) is 2.31. The molecule has 0 radical (unpaired) electrons. The molecule has 0 fully saturated rings. The first-order chi connectivity index (χ1) is 8.11. The summed E-state index contributed by atoms with van der Waals surface area (Å²) in [5.41, 5.74) is 2.45. The Hall–Kier alpha value is -1.81. The summed E-state index contributed by atoms with van der Waals surface area (Å²) in [6.45, 7) is 1.99. The van der Waals surface area contributed by atoms with E-state index in [0.29, 0.717) is 11.4 Å². The Morgan fingerprint density at radius 1 is 1.35 bits per heavy atom. The molecule has 1 aromatic carbocycles. The molecule has 0 spiro atoms. The highest BCUT2D eigenvalue weighted by Crippen LogP contribution is 2.29. The molecular formula is C13H16N2O2. The van der Waals surface area contributed by atoms with Crippen molar-refractivity contribution in [1.82, 2.24) is 9.78 Å². The Balaban J connectivity index is 2.39. The number of methoxy groups -OCH3 is 1. The fourth-order valence-electron chi connectivity index (χ4n) is 1.78. The highest BCUT2D eigenvalue weighted by Gasteiger charge is 2.17. The Morgan fingerprint density at radius 2 is 2.12 bits per heavy atom. The van der Waals surface area contributed by atoms with Gasteiger partial charge in [0.05, 0.1) is 12.8 Å². The largest absolute Gasteiger partial charge is 0.496 e. The molecule has 0 amide bonds. The molecule has 4 nitrogen and oxygen atoms in total. The Bertz CT molecular complexity index is 520. The van der Waals surface area contributed by atoms with E-state index in [4.69, 9.17) is 4.74 Å². The van der Waals surface area contributed by atoms with Crippen LogP contribution in [0.25, 0.3) is 0 Å². The second-order valence-corrected chi connectivity index (χ2v) is 4.06. The highest BCUT2D eigenvalue weighted by molar-refractivity contribution is 5.41. The number of aliphatic hydroxyl groups is 1. The number of aryl methyl sites for hydroxylation is 2. The van der Waals surface area contributed by atoms with Crippen molar-refractivity contribution >= 4 is 0 Å². The summed E-state index contributed by atoms with van der Waals surface area (Å²) in [5.74, 6) is 0.683. The van der Waals surface area contributed by atoms with Crippen molar-refractivity contribution in [3.8, 4) is 5.75 Å². The summed E-state index contributed by atoms with van der Waals surface area (Å²) < 4.78 is 6.95. The number of benzene rings is 1. The number of rotatable bonds is 3. The second kappa shape index (κ2) is 4.59. The van der Waals surface area contributed by atoms with Crippen LogP contribution >= 0.6 is 0 Å². The Labute approximate surface area is 100 Å². The average Bonchev–Trinajstić information content (AvgIpc) is 2.75. The number of hydrogen-bond acceptors (Lipinski definition) is 3. The lowest BCUT2D eigenvalue weighted by Gasteiger charge is -2.13. The zero-order valence-corrected chi connectivity index (χ0v) is 10.2. The minimum absolute atomic E-state index is 0.620. The molecule has 4 heteroatoms. The summed E-state index contributed by atoms with van der Waals surface area (Å²) in [7, 11) is 3.42. The fourth-order valence-corrected chi connectivity index (χ4v) is 1.78. The number of hydrogen-bond donors (Lipinski definition) is 1. The molecule has 0 aliphatic heterocycles. The van der Waals surface area contributed by atoms with Crippen LogP contribution < -0.4 is 4.74 Å². The van der Waals surface area contributed by atoms with Gasteiger partial charge in [0.25, 0.3) is 0 Å². The summed E-state index contributed by atoms with van der Waals surface area (Å²) in [4.78, 5) is 0. The minimum atomic E-state index is -0.758. The van der Waals surface area contributed by atoms with Gasteiger partial charge in [-0.1, -0.05) is 12.1 Å². The van der Waals surface area contributed by atoms with Crippen LogP contribution in [0.2, 0.25) is 0 Å². The van der Waals surface area contributed by atoms with Crippen LogP contribution in [0.5, 0.6) is 5.75 Å². The fraction of sp³-hybridized carbons (Fsp3) is 0.308. The third-order valence-corrected chi connectivity index (χ3v) is 2.70. The van der Waals surface area contributed by atoms with Gasteiger partial charge in [0.1, 0.15) is 11.9 Å². The van der Waals surface area contributed by atoms with Gasteiger partial charge in [-0.15, -0.1) is 0 Å². The maximum absolute atomic E-state index is 10.3. The zero-order chi connectivity index (χ0) is 12.4. The zero-order valence-electron chi connectivity index (χ0n) is 10.2. The SMILES string of the molecule is COc1cc(C)ccc1C(O)c1ccn(C)n1.